The van der Waals surface area contributed by atoms with Crippen molar-refractivity contribution in [1.29, 1.82) is 0 Å². The molecule has 5 rings (SSSR count). The zero-order chi connectivity index (χ0) is 22.9. The number of thiophene rings is 1. The first-order valence-corrected chi connectivity index (χ1v) is 11.8. The maximum Gasteiger partial charge on any atom is 0.258 e. The van der Waals surface area contributed by atoms with Gasteiger partial charge in [-0.15, -0.1) is 11.3 Å². The summed E-state index contributed by atoms with van der Waals surface area (Å²) in [6, 6.07) is 17.3. The minimum Gasteiger partial charge on any atom is -0.351 e. The number of thiocarbonyl (C=S) groups is 1. The van der Waals surface area contributed by atoms with Gasteiger partial charge in [-0.1, -0.05) is 35.0 Å². The summed E-state index contributed by atoms with van der Waals surface area (Å²) in [6.07, 6.45) is 0. The van der Waals surface area contributed by atoms with Crippen molar-refractivity contribution in [3.63, 3.8) is 0 Å². The summed E-state index contributed by atoms with van der Waals surface area (Å²) in [7, 11) is 0. The van der Waals surface area contributed by atoms with Gasteiger partial charge in [0.15, 0.2) is 5.11 Å². The van der Waals surface area contributed by atoms with Gasteiger partial charge < -0.3 is 14.7 Å². The predicted octanol–water partition coefficient (Wildman–Crippen LogP) is 6.45. The van der Waals surface area contributed by atoms with Crippen molar-refractivity contribution >= 4 is 45.8 Å². The van der Waals surface area contributed by atoms with Crippen LogP contribution in [0.5, 0.6) is 0 Å². The van der Waals surface area contributed by atoms with E-state index in [1.54, 1.807) is 29.5 Å². The van der Waals surface area contributed by atoms with Crippen LogP contribution in [0.3, 0.4) is 0 Å². The van der Waals surface area contributed by atoms with Crippen LogP contribution < -0.4 is 5.32 Å². The first-order chi connectivity index (χ1) is 16.0. The highest BCUT2D eigenvalue weighted by Gasteiger charge is 2.34. The van der Waals surface area contributed by atoms with E-state index in [2.05, 4.69) is 21.5 Å². The third-order valence-electron chi connectivity index (χ3n) is 5.43. The molecule has 9 heteroatoms. The van der Waals surface area contributed by atoms with E-state index in [1.807, 2.05) is 41.5 Å². The zero-order valence-corrected chi connectivity index (χ0v) is 19.8. The lowest BCUT2D eigenvalue weighted by Gasteiger charge is -2.37. The maximum absolute atomic E-state index is 14.1. The summed E-state index contributed by atoms with van der Waals surface area (Å²) in [6.45, 7) is 2.57. The predicted molar refractivity (Wildman–Crippen MR) is 132 cm³/mol. The summed E-state index contributed by atoms with van der Waals surface area (Å²) < 4.78 is 19.8. The van der Waals surface area contributed by atoms with E-state index >= 15 is 0 Å². The summed E-state index contributed by atoms with van der Waals surface area (Å²) in [5.74, 6) is 0.460. The van der Waals surface area contributed by atoms with Crippen LogP contribution in [0.2, 0.25) is 5.02 Å². The second-order valence-electron chi connectivity index (χ2n) is 7.53. The molecular weight excluding hydrogens is 479 g/mol. The minimum absolute atomic E-state index is 0.328. The molecule has 0 saturated carbocycles. The second-order valence-corrected chi connectivity index (χ2v) is 9.39. The Hall–Kier alpha value is -3.07. The van der Waals surface area contributed by atoms with Gasteiger partial charge in [-0.2, -0.15) is 4.98 Å². The molecule has 1 unspecified atom stereocenters. The van der Waals surface area contributed by atoms with Crippen LogP contribution in [-0.2, 0) is 6.54 Å². The van der Waals surface area contributed by atoms with E-state index in [0.29, 0.717) is 34.0 Å². The molecule has 4 aromatic rings. The SMILES string of the molecule is CC1=C(c2nc(-c3ccc(Cl)cc3)no2)C(c2cccc(F)c2)NC(=S)N1Cc1cccs1. The molecule has 1 N–H and O–H groups in total. The molecule has 0 amide bonds. The van der Waals surface area contributed by atoms with E-state index in [0.717, 1.165) is 21.7 Å². The van der Waals surface area contributed by atoms with Crippen molar-refractivity contribution in [2.24, 2.45) is 0 Å². The van der Waals surface area contributed by atoms with E-state index < -0.39 is 6.04 Å². The van der Waals surface area contributed by atoms with Gasteiger partial charge in [-0.25, -0.2) is 4.39 Å². The molecule has 1 aliphatic heterocycles. The van der Waals surface area contributed by atoms with Crippen LogP contribution in [0.25, 0.3) is 17.0 Å². The average Bonchev–Trinajstić information content (AvgIpc) is 3.49. The Morgan fingerprint density at radius 3 is 2.73 bits per heavy atom. The minimum atomic E-state index is -0.439. The lowest BCUT2D eigenvalue weighted by atomic mass is 9.94. The lowest BCUT2D eigenvalue weighted by Crippen LogP contribution is -2.45. The van der Waals surface area contributed by atoms with Crippen LogP contribution in [0, 0.1) is 5.82 Å². The average molecular weight is 497 g/mol. The molecule has 0 bridgehead atoms. The maximum atomic E-state index is 14.1. The molecule has 166 valence electrons. The first kappa shape index (κ1) is 21.8. The van der Waals surface area contributed by atoms with Gasteiger partial charge >= 0.3 is 0 Å². The normalized spacial score (nSPS) is 16.3. The summed E-state index contributed by atoms with van der Waals surface area (Å²) in [5, 5.41) is 10.7. The molecule has 0 saturated heterocycles. The van der Waals surface area contributed by atoms with Crippen molar-refractivity contribution in [2.45, 2.75) is 19.5 Å². The number of nitrogens with one attached hydrogen (secondary N) is 1. The molecule has 1 atom stereocenters. The Kier molecular flexibility index (Phi) is 5.97. The third kappa shape index (κ3) is 4.42. The van der Waals surface area contributed by atoms with Gasteiger partial charge in [0.05, 0.1) is 18.2 Å². The topological polar surface area (TPSA) is 54.2 Å². The number of hydrogen-bond donors (Lipinski definition) is 1. The number of halogens is 2. The Morgan fingerprint density at radius 1 is 1.18 bits per heavy atom. The number of nitrogens with zero attached hydrogens (tertiary/aromatic N) is 3. The first-order valence-electron chi connectivity index (χ1n) is 10.2. The molecule has 2 aromatic heterocycles. The number of rotatable bonds is 5. The Morgan fingerprint density at radius 2 is 2.00 bits per heavy atom. The van der Waals surface area contributed by atoms with Gasteiger partial charge in [-0.3, -0.25) is 0 Å². The van der Waals surface area contributed by atoms with Crippen LogP contribution >= 0.6 is 35.2 Å². The van der Waals surface area contributed by atoms with Gasteiger partial charge in [0.1, 0.15) is 5.82 Å². The van der Waals surface area contributed by atoms with E-state index in [1.165, 1.54) is 12.1 Å². The summed E-state index contributed by atoms with van der Waals surface area (Å²) >= 11 is 13.4. The van der Waals surface area contributed by atoms with Crippen molar-refractivity contribution in [3.8, 4) is 11.4 Å². The van der Waals surface area contributed by atoms with Crippen molar-refractivity contribution in [1.82, 2.24) is 20.4 Å². The van der Waals surface area contributed by atoms with Crippen LogP contribution in [-0.4, -0.2) is 20.2 Å². The van der Waals surface area contributed by atoms with Crippen molar-refractivity contribution in [3.05, 3.63) is 98.9 Å². The number of benzene rings is 2. The monoisotopic (exact) mass is 496 g/mol. The molecule has 2 aromatic carbocycles. The number of hydrogen-bond acceptors (Lipinski definition) is 5. The zero-order valence-electron chi connectivity index (χ0n) is 17.5. The fourth-order valence-corrected chi connectivity index (χ4v) is 4.93. The summed E-state index contributed by atoms with van der Waals surface area (Å²) in [5.41, 5.74) is 3.12. The highest BCUT2D eigenvalue weighted by Crippen LogP contribution is 2.38. The smallest absolute Gasteiger partial charge is 0.258 e. The largest absolute Gasteiger partial charge is 0.351 e. The second kappa shape index (κ2) is 9.05. The molecule has 33 heavy (non-hydrogen) atoms. The van der Waals surface area contributed by atoms with Crippen LogP contribution in [0.4, 0.5) is 4.39 Å². The Labute approximate surface area is 204 Å². The molecule has 5 nitrogen and oxygen atoms in total. The van der Waals surface area contributed by atoms with E-state index in [-0.39, 0.29) is 5.82 Å². The van der Waals surface area contributed by atoms with Gasteiger partial charge in [0.25, 0.3) is 5.89 Å². The summed E-state index contributed by atoms with van der Waals surface area (Å²) in [4.78, 5) is 7.82. The van der Waals surface area contributed by atoms with Gasteiger partial charge in [0, 0.05) is 21.2 Å². The molecule has 0 spiro atoms. The molecule has 0 radical (unpaired) electrons. The van der Waals surface area contributed by atoms with Gasteiger partial charge in [0.2, 0.25) is 5.82 Å². The number of aromatic nitrogens is 2. The fourth-order valence-electron chi connectivity index (χ4n) is 3.79. The Bertz CT molecular complexity index is 1330. The quantitative estimate of drug-likeness (QED) is 0.320. The molecular formula is C24H18ClFN4OS2. The molecule has 1 aliphatic rings. The van der Waals surface area contributed by atoms with Crippen LogP contribution in [0.1, 0.15) is 29.3 Å². The highest BCUT2D eigenvalue weighted by molar-refractivity contribution is 7.80. The molecule has 3 heterocycles. The Balaban J connectivity index is 1.60. The van der Waals surface area contributed by atoms with E-state index in [4.69, 9.17) is 28.3 Å². The number of allylic oxidation sites excluding steroid dienone is 1. The fraction of sp³-hybridized carbons (Fsp3) is 0.125. The van der Waals surface area contributed by atoms with Crippen LogP contribution in [0.15, 0.2) is 76.3 Å². The van der Waals surface area contributed by atoms with Crippen molar-refractivity contribution in [2.75, 3.05) is 0 Å². The third-order valence-corrected chi connectivity index (χ3v) is 6.88. The highest BCUT2D eigenvalue weighted by atomic mass is 35.5. The lowest BCUT2D eigenvalue weighted by molar-refractivity contribution is 0.396. The standard InChI is InChI=1S/C24H18ClFN4OS2/c1-14-20(23-28-22(29-31-23)15-7-9-17(25)10-8-15)21(16-4-2-5-18(26)12-16)27-24(32)30(14)13-19-6-3-11-33-19/h2-12,21H,13H2,1H3,(H,27,32). The van der Waals surface area contributed by atoms with Crippen molar-refractivity contribution < 1.29 is 8.91 Å². The van der Waals surface area contributed by atoms with E-state index in [9.17, 15) is 4.39 Å². The molecule has 0 fully saturated rings. The molecule has 0 aliphatic carbocycles. The van der Waals surface area contributed by atoms with Gasteiger partial charge in [-0.05, 0) is 72.5 Å².